The number of carbonyl (C=O) groups is 1. The second-order valence-corrected chi connectivity index (χ2v) is 6.42. The molecule has 0 radical (unpaired) electrons. The minimum Gasteiger partial charge on any atom is -0.397 e. The van der Waals surface area contributed by atoms with Crippen molar-refractivity contribution in [3.8, 4) is 6.07 Å². The second kappa shape index (κ2) is 8.72. The molecule has 3 N–H and O–H groups in total. The van der Waals surface area contributed by atoms with E-state index in [1.54, 1.807) is 11.0 Å². The number of nitriles is 1. The summed E-state index contributed by atoms with van der Waals surface area (Å²) in [5, 5.41) is 12.4. The van der Waals surface area contributed by atoms with Crippen molar-refractivity contribution in [1.29, 1.82) is 5.26 Å². The molecule has 0 unspecified atom stereocenters. The number of nitrogen functional groups attached to an aromatic ring is 1. The van der Waals surface area contributed by atoms with E-state index in [0.29, 0.717) is 17.9 Å². The molecule has 0 saturated carbocycles. The van der Waals surface area contributed by atoms with Gasteiger partial charge in [-0.1, -0.05) is 36.4 Å². The molecule has 2 aromatic carbocycles. The molecule has 0 aromatic heterocycles. The molecule has 0 atom stereocenters. The van der Waals surface area contributed by atoms with Crippen LogP contribution in [-0.2, 0) is 11.3 Å². The van der Waals surface area contributed by atoms with E-state index in [9.17, 15) is 10.1 Å². The largest absolute Gasteiger partial charge is 0.397 e. The minimum atomic E-state index is -0.315. The molecule has 0 aliphatic rings. The summed E-state index contributed by atoms with van der Waals surface area (Å²) in [6.45, 7) is 6.26. The predicted molar refractivity (Wildman–Crippen MR) is 105 cm³/mol. The summed E-state index contributed by atoms with van der Waals surface area (Å²) in [6, 6.07) is 17.2. The summed E-state index contributed by atoms with van der Waals surface area (Å²) in [4.78, 5) is 14.5. The van der Waals surface area contributed by atoms with E-state index in [1.807, 2.05) is 69.3 Å². The lowest BCUT2D eigenvalue weighted by atomic mass is 10.1. The Balaban J connectivity index is 2.21. The molecule has 26 heavy (non-hydrogen) atoms. The Morgan fingerprint density at radius 1 is 1.27 bits per heavy atom. The molecule has 0 aliphatic carbocycles. The van der Waals surface area contributed by atoms with Crippen LogP contribution in [-0.4, -0.2) is 16.8 Å². The van der Waals surface area contributed by atoms with Crippen molar-refractivity contribution >= 4 is 17.3 Å². The highest BCUT2D eigenvalue weighted by Gasteiger charge is 2.21. The number of carbonyl (C=O) groups excluding carboxylic acids is 1. The smallest absolute Gasteiger partial charge is 0.266 e. The molecule has 0 heterocycles. The van der Waals surface area contributed by atoms with Gasteiger partial charge in [0.2, 0.25) is 0 Å². The maximum atomic E-state index is 12.9. The fourth-order valence-corrected chi connectivity index (χ4v) is 2.51. The number of hydrogen-bond acceptors (Lipinski definition) is 4. The lowest BCUT2D eigenvalue weighted by Gasteiger charge is -2.26. The Bertz CT molecular complexity index is 835. The fourth-order valence-electron chi connectivity index (χ4n) is 2.51. The minimum absolute atomic E-state index is 0.0375. The standard InChI is InChI=1S/C21H24N4O/c1-15(2)25(14-17-7-5-4-6-8-17)21(26)18(12-22)13-24-20-11-16(3)9-10-19(20)23/h4-11,13,15,24H,14,23H2,1-3H3/b18-13-. The third-order valence-corrected chi connectivity index (χ3v) is 4.01. The summed E-state index contributed by atoms with van der Waals surface area (Å²) in [5.41, 5.74) is 9.25. The van der Waals surface area contributed by atoms with Crippen LogP contribution in [0.15, 0.2) is 60.3 Å². The summed E-state index contributed by atoms with van der Waals surface area (Å²) in [5.74, 6) is -0.315. The van der Waals surface area contributed by atoms with Crippen LogP contribution in [0.5, 0.6) is 0 Å². The first kappa shape index (κ1) is 19.1. The summed E-state index contributed by atoms with van der Waals surface area (Å²) < 4.78 is 0. The van der Waals surface area contributed by atoms with Crippen molar-refractivity contribution < 1.29 is 4.79 Å². The quantitative estimate of drug-likeness (QED) is 0.472. The van der Waals surface area contributed by atoms with Gasteiger partial charge in [0.05, 0.1) is 11.4 Å². The Kier molecular flexibility index (Phi) is 6.40. The lowest BCUT2D eigenvalue weighted by Crippen LogP contribution is -2.37. The highest BCUT2D eigenvalue weighted by atomic mass is 16.2. The molecular weight excluding hydrogens is 324 g/mol. The molecule has 2 rings (SSSR count). The second-order valence-electron chi connectivity index (χ2n) is 6.42. The van der Waals surface area contributed by atoms with Crippen LogP contribution in [0.2, 0.25) is 0 Å². The van der Waals surface area contributed by atoms with Crippen LogP contribution >= 0.6 is 0 Å². The van der Waals surface area contributed by atoms with Crippen molar-refractivity contribution in [3.63, 3.8) is 0 Å². The number of nitrogens with zero attached hydrogens (tertiary/aromatic N) is 2. The molecule has 0 bridgehead atoms. The van der Waals surface area contributed by atoms with Crippen molar-refractivity contribution in [3.05, 3.63) is 71.4 Å². The monoisotopic (exact) mass is 348 g/mol. The fraction of sp³-hybridized carbons (Fsp3) is 0.238. The van der Waals surface area contributed by atoms with Gasteiger partial charge in [-0.2, -0.15) is 5.26 Å². The summed E-state index contributed by atoms with van der Waals surface area (Å²) in [6.07, 6.45) is 1.42. The molecule has 0 aliphatic heterocycles. The van der Waals surface area contributed by atoms with Crippen LogP contribution in [0.3, 0.4) is 0 Å². The number of nitrogens with two attached hydrogens (primary N) is 1. The topological polar surface area (TPSA) is 82.1 Å². The van der Waals surface area contributed by atoms with Crippen molar-refractivity contribution in [2.75, 3.05) is 11.1 Å². The first-order chi connectivity index (χ1) is 12.4. The van der Waals surface area contributed by atoms with Gasteiger partial charge in [0.1, 0.15) is 11.6 Å². The zero-order valence-electron chi connectivity index (χ0n) is 15.4. The van der Waals surface area contributed by atoms with Gasteiger partial charge in [-0.05, 0) is 44.0 Å². The van der Waals surface area contributed by atoms with Gasteiger partial charge >= 0.3 is 0 Å². The number of rotatable bonds is 6. The van der Waals surface area contributed by atoms with E-state index >= 15 is 0 Å². The Hall–Kier alpha value is -3.26. The van der Waals surface area contributed by atoms with Gasteiger partial charge in [-0.15, -0.1) is 0 Å². The lowest BCUT2D eigenvalue weighted by molar-refractivity contribution is -0.129. The molecule has 0 spiro atoms. The van der Waals surface area contributed by atoms with E-state index in [2.05, 4.69) is 5.32 Å². The van der Waals surface area contributed by atoms with Gasteiger partial charge in [-0.25, -0.2) is 0 Å². The van der Waals surface area contributed by atoms with E-state index in [-0.39, 0.29) is 17.5 Å². The number of benzene rings is 2. The molecule has 0 fully saturated rings. The normalized spacial score (nSPS) is 11.1. The van der Waals surface area contributed by atoms with Crippen molar-refractivity contribution in [1.82, 2.24) is 4.90 Å². The highest BCUT2D eigenvalue weighted by molar-refractivity contribution is 5.97. The molecule has 134 valence electrons. The molecule has 1 amide bonds. The zero-order chi connectivity index (χ0) is 19.1. The Morgan fingerprint density at radius 2 is 1.96 bits per heavy atom. The number of aryl methyl sites for hydroxylation is 1. The van der Waals surface area contributed by atoms with Crippen molar-refractivity contribution in [2.24, 2.45) is 0 Å². The van der Waals surface area contributed by atoms with Gasteiger partial charge in [0, 0.05) is 18.8 Å². The average molecular weight is 348 g/mol. The van der Waals surface area contributed by atoms with E-state index < -0.39 is 0 Å². The average Bonchev–Trinajstić information content (AvgIpc) is 2.63. The Labute approximate surface area is 154 Å². The van der Waals surface area contributed by atoms with Crippen LogP contribution in [0.1, 0.15) is 25.0 Å². The summed E-state index contributed by atoms with van der Waals surface area (Å²) in [7, 11) is 0. The van der Waals surface area contributed by atoms with Gasteiger partial charge in [-0.3, -0.25) is 4.79 Å². The molecular formula is C21H24N4O. The number of amides is 1. The number of anilines is 2. The SMILES string of the molecule is Cc1ccc(N)c(N/C=C(/C#N)C(=O)N(Cc2ccccc2)C(C)C)c1. The van der Waals surface area contributed by atoms with E-state index in [0.717, 1.165) is 11.1 Å². The van der Waals surface area contributed by atoms with Gasteiger partial charge < -0.3 is 16.0 Å². The van der Waals surface area contributed by atoms with E-state index in [4.69, 9.17) is 5.73 Å². The zero-order valence-corrected chi connectivity index (χ0v) is 15.4. The van der Waals surface area contributed by atoms with Crippen LogP contribution in [0.25, 0.3) is 0 Å². The third-order valence-electron chi connectivity index (χ3n) is 4.01. The van der Waals surface area contributed by atoms with Gasteiger partial charge in [0.25, 0.3) is 5.91 Å². The van der Waals surface area contributed by atoms with E-state index in [1.165, 1.54) is 6.20 Å². The van der Waals surface area contributed by atoms with Crippen LogP contribution in [0, 0.1) is 18.3 Å². The van der Waals surface area contributed by atoms with Crippen LogP contribution in [0.4, 0.5) is 11.4 Å². The molecule has 5 nitrogen and oxygen atoms in total. The number of hydrogen-bond donors (Lipinski definition) is 2. The molecule has 0 saturated heterocycles. The summed E-state index contributed by atoms with van der Waals surface area (Å²) >= 11 is 0. The maximum absolute atomic E-state index is 12.9. The maximum Gasteiger partial charge on any atom is 0.266 e. The van der Waals surface area contributed by atoms with Crippen LogP contribution < -0.4 is 11.1 Å². The molecule has 5 heteroatoms. The Morgan fingerprint density at radius 3 is 2.58 bits per heavy atom. The predicted octanol–water partition coefficient (Wildman–Crippen LogP) is 3.83. The first-order valence-electron chi connectivity index (χ1n) is 8.50. The van der Waals surface area contributed by atoms with Crippen molar-refractivity contribution in [2.45, 2.75) is 33.4 Å². The van der Waals surface area contributed by atoms with Gasteiger partial charge in [0.15, 0.2) is 0 Å². The molecule has 2 aromatic rings. The first-order valence-corrected chi connectivity index (χ1v) is 8.50. The number of nitrogens with one attached hydrogen (secondary N) is 1. The third kappa shape index (κ3) is 4.87. The highest BCUT2D eigenvalue weighted by Crippen LogP contribution is 2.20.